The molecule has 13 heavy (non-hydrogen) atoms. The second-order valence-electron chi connectivity index (χ2n) is 3.01. The summed E-state index contributed by atoms with van der Waals surface area (Å²) in [6.07, 6.45) is -0.798. The Morgan fingerprint density at radius 1 is 1.31 bits per heavy atom. The lowest BCUT2D eigenvalue weighted by Crippen LogP contribution is -2.48. The molecule has 1 aliphatic heterocycles. The first kappa shape index (κ1) is 8.84. The van der Waals surface area contributed by atoms with Gasteiger partial charge in [-0.2, -0.15) is 0 Å². The van der Waals surface area contributed by atoms with Crippen LogP contribution in [0.5, 0.6) is 0 Å². The molecule has 0 aliphatic carbocycles. The summed E-state index contributed by atoms with van der Waals surface area (Å²) >= 11 is 0. The number of benzene rings is 1. The van der Waals surface area contributed by atoms with Crippen LogP contribution < -0.4 is 0 Å². The molecule has 1 saturated heterocycles. The first-order valence-corrected chi connectivity index (χ1v) is 5.24. The monoisotopic (exact) mass is 199 g/mol. The molecule has 0 aromatic heterocycles. The van der Waals surface area contributed by atoms with Gasteiger partial charge in [-0.15, -0.1) is 0 Å². The van der Waals surface area contributed by atoms with Crippen molar-refractivity contribution in [2.45, 2.75) is 11.1 Å². The van der Waals surface area contributed by atoms with Gasteiger partial charge in [0.25, 0.3) is 0 Å². The maximum atomic E-state index is 12.5. The molecule has 1 aromatic carbocycles. The van der Waals surface area contributed by atoms with Gasteiger partial charge < -0.3 is 0 Å². The predicted octanol–water partition coefficient (Wildman–Crippen LogP) is 1.36. The van der Waals surface area contributed by atoms with Gasteiger partial charge >= 0.3 is 0 Å². The van der Waals surface area contributed by atoms with E-state index in [2.05, 4.69) is 0 Å². The van der Waals surface area contributed by atoms with Crippen LogP contribution in [-0.2, 0) is 11.0 Å². The minimum Gasteiger partial charge on any atom is -0.245 e. The van der Waals surface area contributed by atoms with Crippen molar-refractivity contribution in [2.75, 3.05) is 13.1 Å². The smallest absolute Gasteiger partial charge is 0.127 e. The molecule has 4 heteroatoms. The molecule has 1 heterocycles. The van der Waals surface area contributed by atoms with Crippen molar-refractivity contribution in [1.29, 1.82) is 0 Å². The molecular formula is C9H10FNOS. The third-order valence-electron chi connectivity index (χ3n) is 1.98. The molecular weight excluding hydrogens is 189 g/mol. The van der Waals surface area contributed by atoms with Crippen molar-refractivity contribution in [3.05, 3.63) is 30.3 Å². The highest BCUT2D eigenvalue weighted by atomic mass is 32.2. The van der Waals surface area contributed by atoms with Crippen LogP contribution in [0.2, 0.25) is 0 Å². The summed E-state index contributed by atoms with van der Waals surface area (Å²) < 4.78 is 25.7. The van der Waals surface area contributed by atoms with E-state index in [0.29, 0.717) is 13.1 Å². The minimum atomic E-state index is -1.17. The highest BCUT2D eigenvalue weighted by Gasteiger charge is 2.30. The summed E-state index contributed by atoms with van der Waals surface area (Å²) in [5.74, 6) is 0. The molecule has 1 aliphatic rings. The van der Waals surface area contributed by atoms with Crippen LogP contribution in [0, 0.1) is 0 Å². The standard InChI is InChI=1S/C9H10FNOS/c10-8-6-11(7-8)13(12)9-4-2-1-3-5-9/h1-5,8H,6-7H2. The molecule has 0 bridgehead atoms. The van der Waals surface area contributed by atoms with E-state index in [4.69, 9.17) is 0 Å². The summed E-state index contributed by atoms with van der Waals surface area (Å²) in [5.41, 5.74) is 0. The lowest BCUT2D eigenvalue weighted by Gasteiger charge is -2.32. The minimum absolute atomic E-state index is 0.293. The number of hydrogen-bond acceptors (Lipinski definition) is 1. The quantitative estimate of drug-likeness (QED) is 0.704. The van der Waals surface area contributed by atoms with E-state index < -0.39 is 17.2 Å². The summed E-state index contributed by atoms with van der Waals surface area (Å²) in [7, 11) is -1.17. The predicted molar refractivity (Wildman–Crippen MR) is 49.3 cm³/mol. The SMILES string of the molecule is O=S(c1ccccc1)N1CC(F)C1. The van der Waals surface area contributed by atoms with Gasteiger partial charge in [0.15, 0.2) is 0 Å². The second kappa shape index (κ2) is 3.55. The number of rotatable bonds is 2. The van der Waals surface area contributed by atoms with Crippen LogP contribution in [0.4, 0.5) is 4.39 Å². The van der Waals surface area contributed by atoms with E-state index in [0.717, 1.165) is 4.90 Å². The summed E-state index contributed by atoms with van der Waals surface area (Å²) in [5, 5.41) is 0. The van der Waals surface area contributed by atoms with Gasteiger partial charge in [0.2, 0.25) is 0 Å². The van der Waals surface area contributed by atoms with Gasteiger partial charge in [-0.05, 0) is 12.1 Å². The van der Waals surface area contributed by atoms with E-state index >= 15 is 0 Å². The van der Waals surface area contributed by atoms with Gasteiger partial charge in [0.1, 0.15) is 17.2 Å². The van der Waals surface area contributed by atoms with Crippen LogP contribution >= 0.6 is 0 Å². The number of alkyl halides is 1. The van der Waals surface area contributed by atoms with E-state index in [-0.39, 0.29) is 0 Å². The van der Waals surface area contributed by atoms with Crippen molar-refractivity contribution < 1.29 is 8.60 Å². The molecule has 0 radical (unpaired) electrons. The molecule has 0 amide bonds. The Labute approximate surface area is 79.0 Å². The van der Waals surface area contributed by atoms with Crippen molar-refractivity contribution in [3.63, 3.8) is 0 Å². The zero-order valence-corrected chi connectivity index (χ0v) is 7.84. The fourth-order valence-corrected chi connectivity index (χ4v) is 2.49. The Morgan fingerprint density at radius 3 is 2.46 bits per heavy atom. The van der Waals surface area contributed by atoms with E-state index in [1.54, 1.807) is 16.4 Å². The van der Waals surface area contributed by atoms with Crippen LogP contribution in [0.3, 0.4) is 0 Å². The molecule has 1 atom stereocenters. The normalized spacial score (nSPS) is 21.0. The Bertz CT molecular complexity index is 311. The average molecular weight is 199 g/mol. The van der Waals surface area contributed by atoms with Crippen molar-refractivity contribution >= 4 is 11.0 Å². The Kier molecular flexibility index (Phi) is 2.42. The number of halogens is 1. The molecule has 1 aromatic rings. The molecule has 1 fully saturated rings. The first-order chi connectivity index (χ1) is 6.27. The van der Waals surface area contributed by atoms with Crippen LogP contribution in [0.15, 0.2) is 35.2 Å². The van der Waals surface area contributed by atoms with Crippen LogP contribution in [0.25, 0.3) is 0 Å². The Morgan fingerprint density at radius 2 is 1.92 bits per heavy atom. The maximum absolute atomic E-state index is 12.5. The van der Waals surface area contributed by atoms with E-state index in [1.165, 1.54) is 0 Å². The molecule has 70 valence electrons. The van der Waals surface area contributed by atoms with Crippen molar-refractivity contribution in [2.24, 2.45) is 0 Å². The highest BCUT2D eigenvalue weighted by Crippen LogP contribution is 2.18. The summed E-state index contributed by atoms with van der Waals surface area (Å²) in [6, 6.07) is 9.12. The molecule has 2 nitrogen and oxygen atoms in total. The number of nitrogens with zero attached hydrogens (tertiary/aromatic N) is 1. The van der Waals surface area contributed by atoms with Gasteiger partial charge in [-0.25, -0.2) is 12.9 Å². The molecule has 0 saturated carbocycles. The van der Waals surface area contributed by atoms with Gasteiger partial charge in [-0.3, -0.25) is 0 Å². The molecule has 1 unspecified atom stereocenters. The number of hydrogen-bond donors (Lipinski definition) is 0. The zero-order chi connectivity index (χ0) is 9.26. The maximum Gasteiger partial charge on any atom is 0.127 e. The average Bonchev–Trinajstić information content (AvgIpc) is 2.13. The van der Waals surface area contributed by atoms with Crippen molar-refractivity contribution in [3.8, 4) is 0 Å². The lowest BCUT2D eigenvalue weighted by atomic mass is 10.3. The Hall–Kier alpha value is -0.740. The fraction of sp³-hybridized carbons (Fsp3) is 0.333. The third kappa shape index (κ3) is 1.78. The molecule has 2 rings (SSSR count). The van der Waals surface area contributed by atoms with E-state index in [1.807, 2.05) is 18.2 Å². The lowest BCUT2D eigenvalue weighted by molar-refractivity contribution is 0.147. The second-order valence-corrected chi connectivity index (χ2v) is 4.49. The topological polar surface area (TPSA) is 20.3 Å². The third-order valence-corrected chi connectivity index (χ3v) is 3.43. The largest absolute Gasteiger partial charge is 0.245 e. The molecule has 0 N–H and O–H groups in total. The Balaban J connectivity index is 2.06. The molecule has 0 spiro atoms. The van der Waals surface area contributed by atoms with Gasteiger partial charge in [-0.1, -0.05) is 18.2 Å². The first-order valence-electron chi connectivity index (χ1n) is 4.13. The summed E-state index contributed by atoms with van der Waals surface area (Å²) in [4.78, 5) is 0.745. The fourth-order valence-electron chi connectivity index (χ4n) is 1.21. The van der Waals surface area contributed by atoms with Crippen LogP contribution in [0.1, 0.15) is 0 Å². The summed E-state index contributed by atoms with van der Waals surface area (Å²) in [6.45, 7) is 0.586. The van der Waals surface area contributed by atoms with Crippen molar-refractivity contribution in [1.82, 2.24) is 4.31 Å². The van der Waals surface area contributed by atoms with Crippen LogP contribution in [-0.4, -0.2) is 27.8 Å². The zero-order valence-electron chi connectivity index (χ0n) is 7.02. The van der Waals surface area contributed by atoms with Gasteiger partial charge in [0.05, 0.1) is 4.90 Å². The highest BCUT2D eigenvalue weighted by molar-refractivity contribution is 7.82. The van der Waals surface area contributed by atoms with Gasteiger partial charge in [0, 0.05) is 13.1 Å². The van der Waals surface area contributed by atoms with E-state index in [9.17, 15) is 8.60 Å².